The van der Waals surface area contributed by atoms with Gasteiger partial charge >= 0.3 is 0 Å². The van der Waals surface area contributed by atoms with Crippen molar-refractivity contribution in [3.8, 4) is 0 Å². The summed E-state index contributed by atoms with van der Waals surface area (Å²) in [5.74, 6) is 0.558. The molecule has 0 spiro atoms. The van der Waals surface area contributed by atoms with Crippen LogP contribution < -0.4 is 5.32 Å². The van der Waals surface area contributed by atoms with Crippen molar-refractivity contribution in [2.45, 2.75) is 32.2 Å². The van der Waals surface area contributed by atoms with Crippen molar-refractivity contribution in [1.29, 1.82) is 0 Å². The summed E-state index contributed by atoms with van der Waals surface area (Å²) < 4.78 is 5.35. The summed E-state index contributed by atoms with van der Waals surface area (Å²) in [7, 11) is 0. The lowest BCUT2D eigenvalue weighted by molar-refractivity contribution is -0.138. The fourth-order valence-corrected chi connectivity index (χ4v) is 2.69. The van der Waals surface area contributed by atoms with Crippen LogP contribution in [0.2, 0.25) is 0 Å². The number of nitrogens with zero attached hydrogens (tertiary/aromatic N) is 1. The lowest BCUT2D eigenvalue weighted by Crippen LogP contribution is -2.46. The minimum atomic E-state index is 0.211. The monoisotopic (exact) mass is 226 g/mol. The minimum absolute atomic E-state index is 0.211. The molecular weight excluding hydrogens is 204 g/mol. The number of carbonyl (C=O) groups is 1. The zero-order valence-corrected chi connectivity index (χ0v) is 10.1. The number of nitrogens with one attached hydrogen (secondary N) is 1. The first-order valence-corrected chi connectivity index (χ1v) is 6.42. The lowest BCUT2D eigenvalue weighted by Gasteiger charge is -2.35. The SMILES string of the molecule is CCN(C(=O)C1CCNC1)C1CCOCC1. The summed E-state index contributed by atoms with van der Waals surface area (Å²) in [5.41, 5.74) is 0. The molecule has 1 unspecified atom stereocenters. The van der Waals surface area contributed by atoms with Crippen molar-refractivity contribution < 1.29 is 9.53 Å². The zero-order valence-electron chi connectivity index (χ0n) is 10.1. The Bertz CT molecular complexity index is 233. The maximum absolute atomic E-state index is 12.3. The van der Waals surface area contributed by atoms with Crippen molar-refractivity contribution in [3.63, 3.8) is 0 Å². The number of carbonyl (C=O) groups excluding carboxylic acids is 1. The number of rotatable bonds is 3. The number of hydrogen-bond acceptors (Lipinski definition) is 3. The molecule has 0 bridgehead atoms. The van der Waals surface area contributed by atoms with Crippen LogP contribution in [0.15, 0.2) is 0 Å². The van der Waals surface area contributed by atoms with Crippen molar-refractivity contribution in [3.05, 3.63) is 0 Å². The number of hydrogen-bond donors (Lipinski definition) is 1. The highest BCUT2D eigenvalue weighted by Gasteiger charge is 2.31. The molecule has 92 valence electrons. The van der Waals surface area contributed by atoms with Crippen LogP contribution in [0.5, 0.6) is 0 Å². The summed E-state index contributed by atoms with van der Waals surface area (Å²) in [5, 5.41) is 3.26. The minimum Gasteiger partial charge on any atom is -0.381 e. The van der Waals surface area contributed by atoms with E-state index in [9.17, 15) is 4.79 Å². The molecule has 4 nitrogen and oxygen atoms in total. The highest BCUT2D eigenvalue weighted by Crippen LogP contribution is 2.19. The van der Waals surface area contributed by atoms with Gasteiger partial charge in [-0.2, -0.15) is 0 Å². The van der Waals surface area contributed by atoms with Gasteiger partial charge < -0.3 is 15.0 Å². The van der Waals surface area contributed by atoms with Crippen LogP contribution in [-0.2, 0) is 9.53 Å². The Kier molecular flexibility index (Phi) is 4.18. The van der Waals surface area contributed by atoms with Crippen LogP contribution in [-0.4, -0.2) is 49.7 Å². The van der Waals surface area contributed by atoms with Crippen LogP contribution in [0.4, 0.5) is 0 Å². The van der Waals surface area contributed by atoms with E-state index in [1.165, 1.54) is 0 Å². The van der Waals surface area contributed by atoms with Gasteiger partial charge in [0.15, 0.2) is 0 Å². The molecule has 4 heteroatoms. The average Bonchev–Trinajstić information content (AvgIpc) is 2.85. The molecule has 0 aromatic heterocycles. The highest BCUT2D eigenvalue weighted by atomic mass is 16.5. The van der Waals surface area contributed by atoms with Gasteiger partial charge in [-0.05, 0) is 32.7 Å². The second-order valence-corrected chi connectivity index (χ2v) is 4.66. The van der Waals surface area contributed by atoms with Crippen LogP contribution in [0.3, 0.4) is 0 Å². The molecule has 2 rings (SSSR count). The topological polar surface area (TPSA) is 41.6 Å². The molecule has 2 saturated heterocycles. The van der Waals surface area contributed by atoms with Crippen LogP contribution >= 0.6 is 0 Å². The maximum atomic E-state index is 12.3. The molecule has 1 amide bonds. The quantitative estimate of drug-likeness (QED) is 0.767. The maximum Gasteiger partial charge on any atom is 0.227 e. The Morgan fingerprint density at radius 1 is 1.38 bits per heavy atom. The third-order valence-electron chi connectivity index (χ3n) is 3.66. The molecule has 0 saturated carbocycles. The summed E-state index contributed by atoms with van der Waals surface area (Å²) in [4.78, 5) is 14.4. The number of amides is 1. The second kappa shape index (κ2) is 5.64. The lowest BCUT2D eigenvalue weighted by atomic mass is 10.0. The molecule has 1 atom stereocenters. The third kappa shape index (κ3) is 2.55. The van der Waals surface area contributed by atoms with Crippen LogP contribution in [0.25, 0.3) is 0 Å². The van der Waals surface area contributed by atoms with E-state index in [1.807, 2.05) is 0 Å². The molecule has 0 radical (unpaired) electrons. The molecule has 0 aromatic carbocycles. The van der Waals surface area contributed by atoms with Gasteiger partial charge in [-0.1, -0.05) is 0 Å². The summed E-state index contributed by atoms with van der Waals surface area (Å²) in [6.45, 7) is 6.37. The predicted molar refractivity (Wildman–Crippen MR) is 62.2 cm³/mol. The first kappa shape index (κ1) is 11.9. The molecule has 2 aliphatic rings. The Hall–Kier alpha value is -0.610. The third-order valence-corrected chi connectivity index (χ3v) is 3.66. The Balaban J connectivity index is 1.94. The molecular formula is C12H22N2O2. The standard InChI is InChI=1S/C12H22N2O2/c1-2-14(11-4-7-16-8-5-11)12(15)10-3-6-13-9-10/h10-11,13H,2-9H2,1H3. The smallest absolute Gasteiger partial charge is 0.227 e. The first-order valence-electron chi connectivity index (χ1n) is 6.42. The number of ether oxygens (including phenoxy) is 1. The Morgan fingerprint density at radius 3 is 2.69 bits per heavy atom. The van der Waals surface area contributed by atoms with Gasteiger partial charge in [0, 0.05) is 32.3 Å². The predicted octanol–water partition coefficient (Wildman–Crippen LogP) is 0.623. The van der Waals surface area contributed by atoms with E-state index in [2.05, 4.69) is 17.1 Å². The molecule has 0 aromatic rings. The second-order valence-electron chi connectivity index (χ2n) is 4.66. The summed E-state index contributed by atoms with van der Waals surface area (Å²) in [6, 6.07) is 0.409. The van der Waals surface area contributed by atoms with E-state index in [-0.39, 0.29) is 5.92 Å². The summed E-state index contributed by atoms with van der Waals surface area (Å²) >= 11 is 0. The van der Waals surface area contributed by atoms with Gasteiger partial charge in [0.2, 0.25) is 5.91 Å². The van der Waals surface area contributed by atoms with E-state index in [0.29, 0.717) is 11.9 Å². The molecule has 16 heavy (non-hydrogen) atoms. The zero-order chi connectivity index (χ0) is 11.4. The van der Waals surface area contributed by atoms with Gasteiger partial charge in [-0.3, -0.25) is 4.79 Å². The summed E-state index contributed by atoms with van der Waals surface area (Å²) in [6.07, 6.45) is 3.00. The van der Waals surface area contributed by atoms with Gasteiger partial charge in [0.25, 0.3) is 0 Å². The molecule has 0 aliphatic carbocycles. The molecule has 2 fully saturated rings. The van der Waals surface area contributed by atoms with E-state index in [4.69, 9.17) is 4.74 Å². The van der Waals surface area contributed by atoms with Crippen molar-refractivity contribution in [1.82, 2.24) is 10.2 Å². The Labute approximate surface area is 97.3 Å². The van der Waals surface area contributed by atoms with E-state index < -0.39 is 0 Å². The first-order chi connectivity index (χ1) is 7.83. The highest BCUT2D eigenvalue weighted by molar-refractivity contribution is 5.79. The van der Waals surface area contributed by atoms with Gasteiger partial charge in [0.1, 0.15) is 0 Å². The Morgan fingerprint density at radius 2 is 2.12 bits per heavy atom. The van der Waals surface area contributed by atoms with E-state index in [1.54, 1.807) is 0 Å². The van der Waals surface area contributed by atoms with Gasteiger partial charge in [-0.25, -0.2) is 0 Å². The largest absolute Gasteiger partial charge is 0.381 e. The van der Waals surface area contributed by atoms with Crippen molar-refractivity contribution in [2.24, 2.45) is 5.92 Å². The van der Waals surface area contributed by atoms with Gasteiger partial charge in [0.05, 0.1) is 5.92 Å². The molecule has 2 heterocycles. The molecule has 1 N–H and O–H groups in total. The van der Waals surface area contributed by atoms with Crippen molar-refractivity contribution in [2.75, 3.05) is 32.8 Å². The van der Waals surface area contributed by atoms with Crippen LogP contribution in [0.1, 0.15) is 26.2 Å². The van der Waals surface area contributed by atoms with E-state index >= 15 is 0 Å². The van der Waals surface area contributed by atoms with Crippen LogP contribution in [0, 0.1) is 5.92 Å². The van der Waals surface area contributed by atoms with Gasteiger partial charge in [-0.15, -0.1) is 0 Å². The van der Waals surface area contributed by atoms with E-state index in [0.717, 1.165) is 52.1 Å². The molecule has 2 aliphatic heterocycles. The average molecular weight is 226 g/mol. The normalized spacial score (nSPS) is 26.9. The van der Waals surface area contributed by atoms with Crippen molar-refractivity contribution >= 4 is 5.91 Å². The fourth-order valence-electron chi connectivity index (χ4n) is 2.69. The fraction of sp³-hybridized carbons (Fsp3) is 0.917.